The van der Waals surface area contributed by atoms with Gasteiger partial charge in [-0.25, -0.2) is 0 Å². The van der Waals surface area contributed by atoms with Gasteiger partial charge in [-0.2, -0.15) is 0 Å². The molecule has 0 fully saturated rings. The van der Waals surface area contributed by atoms with E-state index in [1.54, 1.807) is 6.07 Å². The fourth-order valence-corrected chi connectivity index (χ4v) is 1.75. The van der Waals surface area contributed by atoms with E-state index in [0.717, 1.165) is 5.56 Å². The molecule has 2 rings (SSSR count). The summed E-state index contributed by atoms with van der Waals surface area (Å²) in [5, 5.41) is 0.520. The first-order valence-corrected chi connectivity index (χ1v) is 5.15. The van der Waals surface area contributed by atoms with Gasteiger partial charge in [0.15, 0.2) is 11.5 Å². The van der Waals surface area contributed by atoms with Crippen molar-refractivity contribution in [2.24, 2.45) is 11.5 Å². The zero-order chi connectivity index (χ0) is 10.8. The summed E-state index contributed by atoms with van der Waals surface area (Å²) in [6.07, 6.45) is 0. The van der Waals surface area contributed by atoms with Gasteiger partial charge in [-0.1, -0.05) is 11.6 Å². The maximum atomic E-state index is 6.05. The van der Waals surface area contributed by atoms with Crippen molar-refractivity contribution in [2.45, 2.75) is 6.04 Å². The predicted molar refractivity (Wildman–Crippen MR) is 58.4 cm³/mol. The lowest BCUT2D eigenvalue weighted by Crippen LogP contribution is -2.22. The minimum absolute atomic E-state index is 0.224. The van der Waals surface area contributed by atoms with Crippen molar-refractivity contribution in [3.63, 3.8) is 0 Å². The van der Waals surface area contributed by atoms with Gasteiger partial charge in [-0.3, -0.25) is 0 Å². The minimum atomic E-state index is -0.224. The number of hydrogen-bond donors (Lipinski definition) is 2. The zero-order valence-corrected chi connectivity index (χ0v) is 8.96. The molecular weight excluding hydrogens is 216 g/mol. The van der Waals surface area contributed by atoms with Crippen LogP contribution >= 0.6 is 11.6 Å². The average molecular weight is 229 g/mol. The number of rotatable bonds is 2. The highest BCUT2D eigenvalue weighted by Gasteiger charge is 2.18. The smallest absolute Gasteiger partial charge is 0.179 e. The van der Waals surface area contributed by atoms with Gasteiger partial charge >= 0.3 is 0 Å². The minimum Gasteiger partial charge on any atom is -0.486 e. The van der Waals surface area contributed by atoms with Crippen LogP contribution in [0.1, 0.15) is 11.6 Å². The molecule has 1 unspecified atom stereocenters. The molecule has 0 aromatic heterocycles. The largest absolute Gasteiger partial charge is 0.486 e. The Bertz CT molecular complexity index is 371. The van der Waals surface area contributed by atoms with E-state index in [9.17, 15) is 0 Å². The van der Waals surface area contributed by atoms with E-state index in [2.05, 4.69) is 0 Å². The molecular formula is C10H13ClN2O2. The predicted octanol–water partition coefficient (Wildman–Crippen LogP) is 1.07. The maximum absolute atomic E-state index is 6.05. The summed E-state index contributed by atoms with van der Waals surface area (Å²) in [6.45, 7) is 1.43. The van der Waals surface area contributed by atoms with E-state index >= 15 is 0 Å². The van der Waals surface area contributed by atoms with Crippen molar-refractivity contribution in [1.29, 1.82) is 0 Å². The van der Waals surface area contributed by atoms with E-state index in [0.29, 0.717) is 36.3 Å². The highest BCUT2D eigenvalue weighted by atomic mass is 35.5. The molecule has 1 aliphatic heterocycles. The molecule has 4 nitrogen and oxygen atoms in total. The summed E-state index contributed by atoms with van der Waals surface area (Å²) < 4.78 is 10.8. The van der Waals surface area contributed by atoms with Gasteiger partial charge < -0.3 is 20.9 Å². The highest BCUT2D eigenvalue weighted by molar-refractivity contribution is 6.32. The van der Waals surface area contributed by atoms with E-state index in [1.165, 1.54) is 0 Å². The Morgan fingerprint density at radius 2 is 2.07 bits per heavy atom. The van der Waals surface area contributed by atoms with E-state index in [4.69, 9.17) is 32.5 Å². The fourth-order valence-electron chi connectivity index (χ4n) is 1.48. The van der Waals surface area contributed by atoms with Gasteiger partial charge in [0.2, 0.25) is 0 Å². The lowest BCUT2D eigenvalue weighted by atomic mass is 10.1. The quantitative estimate of drug-likeness (QED) is 0.795. The van der Waals surface area contributed by atoms with Crippen LogP contribution in [-0.2, 0) is 0 Å². The Hall–Kier alpha value is -0.970. The van der Waals surface area contributed by atoms with Crippen molar-refractivity contribution in [3.05, 3.63) is 22.7 Å². The Morgan fingerprint density at radius 3 is 2.80 bits per heavy atom. The topological polar surface area (TPSA) is 70.5 Å². The summed E-state index contributed by atoms with van der Waals surface area (Å²) in [5.41, 5.74) is 12.2. The number of ether oxygens (including phenoxy) is 2. The lowest BCUT2D eigenvalue weighted by molar-refractivity contribution is 0.171. The van der Waals surface area contributed by atoms with Gasteiger partial charge in [-0.15, -0.1) is 0 Å². The molecule has 1 aliphatic rings. The molecule has 4 N–H and O–H groups in total. The van der Waals surface area contributed by atoms with Crippen LogP contribution in [0.25, 0.3) is 0 Å². The van der Waals surface area contributed by atoms with Gasteiger partial charge in [0, 0.05) is 12.6 Å². The Labute approximate surface area is 93.1 Å². The van der Waals surface area contributed by atoms with Crippen molar-refractivity contribution < 1.29 is 9.47 Å². The van der Waals surface area contributed by atoms with Gasteiger partial charge in [0.05, 0.1) is 5.02 Å². The molecule has 0 radical (unpaired) electrons. The molecule has 1 aromatic carbocycles. The third kappa shape index (κ3) is 2.02. The molecule has 1 heterocycles. The monoisotopic (exact) mass is 228 g/mol. The van der Waals surface area contributed by atoms with E-state index < -0.39 is 0 Å². The summed E-state index contributed by atoms with van der Waals surface area (Å²) in [4.78, 5) is 0. The molecule has 0 saturated carbocycles. The molecule has 0 bridgehead atoms. The summed E-state index contributed by atoms with van der Waals surface area (Å²) in [5.74, 6) is 1.24. The van der Waals surface area contributed by atoms with Crippen LogP contribution < -0.4 is 20.9 Å². The second kappa shape index (κ2) is 4.26. The average Bonchev–Trinajstić information content (AvgIpc) is 2.28. The van der Waals surface area contributed by atoms with Crippen LogP contribution in [0.5, 0.6) is 11.5 Å². The summed E-state index contributed by atoms with van der Waals surface area (Å²) >= 11 is 6.05. The van der Waals surface area contributed by atoms with E-state index in [1.807, 2.05) is 6.07 Å². The number of hydrogen-bond acceptors (Lipinski definition) is 4. The zero-order valence-electron chi connectivity index (χ0n) is 8.20. The Kier molecular flexibility index (Phi) is 3.00. The molecule has 0 aliphatic carbocycles. The fraction of sp³-hybridized carbons (Fsp3) is 0.400. The first kappa shape index (κ1) is 10.5. The number of fused-ring (bicyclic) bond motifs is 1. The van der Waals surface area contributed by atoms with Crippen LogP contribution in [0.3, 0.4) is 0 Å². The molecule has 5 heteroatoms. The SMILES string of the molecule is NCC(N)c1cc(Cl)c2c(c1)OCCO2. The Balaban J connectivity index is 2.40. The van der Waals surface area contributed by atoms with Crippen molar-refractivity contribution in [3.8, 4) is 11.5 Å². The van der Waals surface area contributed by atoms with Gasteiger partial charge in [0.1, 0.15) is 13.2 Å². The molecule has 1 aromatic rings. The van der Waals surface area contributed by atoms with Crippen LogP contribution in [0.2, 0.25) is 5.02 Å². The van der Waals surface area contributed by atoms with Crippen molar-refractivity contribution in [2.75, 3.05) is 19.8 Å². The van der Waals surface area contributed by atoms with Crippen molar-refractivity contribution >= 4 is 11.6 Å². The first-order valence-electron chi connectivity index (χ1n) is 4.77. The number of nitrogens with two attached hydrogens (primary N) is 2. The standard InChI is InChI=1S/C10H13ClN2O2/c11-7-3-6(8(13)5-12)4-9-10(7)15-2-1-14-9/h3-4,8H,1-2,5,12-13H2. The van der Waals surface area contributed by atoms with Gasteiger partial charge in [0.25, 0.3) is 0 Å². The molecule has 82 valence electrons. The first-order chi connectivity index (χ1) is 7.22. The highest BCUT2D eigenvalue weighted by Crippen LogP contribution is 2.39. The van der Waals surface area contributed by atoms with Crippen LogP contribution in [-0.4, -0.2) is 19.8 Å². The third-order valence-electron chi connectivity index (χ3n) is 2.30. The maximum Gasteiger partial charge on any atom is 0.179 e. The molecule has 15 heavy (non-hydrogen) atoms. The second-order valence-corrected chi connectivity index (χ2v) is 3.78. The second-order valence-electron chi connectivity index (χ2n) is 3.37. The van der Waals surface area contributed by atoms with Crippen LogP contribution in [0, 0.1) is 0 Å². The lowest BCUT2D eigenvalue weighted by Gasteiger charge is -2.21. The number of benzene rings is 1. The molecule has 1 atom stereocenters. The summed E-state index contributed by atoms with van der Waals surface area (Å²) in [7, 11) is 0. The number of halogens is 1. The molecule has 0 saturated heterocycles. The molecule has 0 amide bonds. The normalized spacial score (nSPS) is 16.2. The van der Waals surface area contributed by atoms with E-state index in [-0.39, 0.29) is 6.04 Å². The van der Waals surface area contributed by atoms with Gasteiger partial charge in [-0.05, 0) is 17.7 Å². The third-order valence-corrected chi connectivity index (χ3v) is 2.58. The Morgan fingerprint density at radius 1 is 1.33 bits per heavy atom. The van der Waals surface area contributed by atoms with Crippen molar-refractivity contribution in [1.82, 2.24) is 0 Å². The molecule has 0 spiro atoms. The summed E-state index contributed by atoms with van der Waals surface area (Å²) in [6, 6.07) is 3.38. The van der Waals surface area contributed by atoms with Crippen LogP contribution in [0.4, 0.5) is 0 Å². The van der Waals surface area contributed by atoms with Crippen LogP contribution in [0.15, 0.2) is 12.1 Å².